The van der Waals surface area contributed by atoms with Crippen LogP contribution in [-0.2, 0) is 13.1 Å². The van der Waals surface area contributed by atoms with E-state index in [4.69, 9.17) is 4.52 Å². The van der Waals surface area contributed by atoms with Crippen LogP contribution in [0.3, 0.4) is 0 Å². The molecule has 13 heteroatoms. The average molecular weight is 574 g/mol. The molecule has 2 fully saturated rings. The van der Waals surface area contributed by atoms with Crippen molar-refractivity contribution >= 4 is 22.5 Å². The molecule has 218 valence electrons. The van der Waals surface area contributed by atoms with Crippen LogP contribution < -0.4 is 10.6 Å². The number of hydrogen-bond donors (Lipinski definition) is 2. The number of benzene rings is 1. The van der Waals surface area contributed by atoms with E-state index < -0.39 is 24.9 Å². The lowest BCUT2D eigenvalue weighted by Gasteiger charge is -2.33. The maximum absolute atomic E-state index is 14.7. The Hall–Kier alpha value is -3.87. The SMILES string of the molecule is CN1CC[C@@H](Nc2cccc3c2cc(-c2noc(CNC(=O)c4ccn(C5CCC5)c4)n2)n3CC(F)(F)F)[C@@H](F)C1. The second-order valence-corrected chi connectivity index (χ2v) is 10.9. The van der Waals surface area contributed by atoms with Crippen molar-refractivity contribution in [1.82, 2.24) is 29.5 Å². The fraction of sp³-hybridized carbons (Fsp3) is 0.464. The van der Waals surface area contributed by atoms with Gasteiger partial charge in [-0.3, -0.25) is 4.79 Å². The van der Waals surface area contributed by atoms with Crippen molar-refractivity contribution in [3.63, 3.8) is 0 Å². The van der Waals surface area contributed by atoms with Crippen molar-refractivity contribution in [3.05, 3.63) is 54.2 Å². The highest BCUT2D eigenvalue weighted by molar-refractivity contribution is 5.96. The summed E-state index contributed by atoms with van der Waals surface area (Å²) >= 11 is 0. The Morgan fingerprint density at radius 3 is 2.76 bits per heavy atom. The summed E-state index contributed by atoms with van der Waals surface area (Å²) < 4.78 is 64.1. The number of hydrogen-bond acceptors (Lipinski definition) is 6. The number of fused-ring (bicyclic) bond motifs is 1. The van der Waals surface area contributed by atoms with Crippen molar-refractivity contribution in [1.29, 1.82) is 0 Å². The van der Waals surface area contributed by atoms with Crippen LogP contribution in [-0.4, -0.2) is 68.6 Å². The molecule has 0 bridgehead atoms. The standard InChI is InChI=1S/C28H31F4N7O2/c1-37-10-9-22(20(29)15-37)34-21-6-3-7-23-19(21)12-24(39(23)16-28(30,31)32)26-35-25(41-36-26)13-33-27(40)17-8-11-38(14-17)18-4-2-5-18/h3,6-8,11-12,14,18,20,22,34H,2,4-5,9-10,13,15-16H2,1H3,(H,33,40)/t20-,22+/m0/s1. The van der Waals surface area contributed by atoms with Crippen molar-refractivity contribution in [3.8, 4) is 11.5 Å². The number of alkyl halides is 4. The molecule has 4 aromatic rings. The Morgan fingerprint density at radius 1 is 1.20 bits per heavy atom. The zero-order valence-corrected chi connectivity index (χ0v) is 22.5. The smallest absolute Gasteiger partial charge is 0.379 e. The first-order chi connectivity index (χ1) is 19.6. The predicted molar refractivity (Wildman–Crippen MR) is 144 cm³/mol. The van der Waals surface area contributed by atoms with E-state index in [9.17, 15) is 22.4 Å². The molecule has 2 atom stereocenters. The number of carbonyl (C=O) groups excluding carboxylic acids is 1. The lowest BCUT2D eigenvalue weighted by molar-refractivity contribution is -0.139. The molecular formula is C28H31F4N7O2. The van der Waals surface area contributed by atoms with E-state index in [0.29, 0.717) is 41.2 Å². The summed E-state index contributed by atoms with van der Waals surface area (Å²) in [5.74, 6) is -0.301. The summed E-state index contributed by atoms with van der Waals surface area (Å²) in [5, 5.41) is 10.3. The van der Waals surface area contributed by atoms with Gasteiger partial charge >= 0.3 is 6.18 Å². The van der Waals surface area contributed by atoms with E-state index in [1.807, 2.05) is 22.7 Å². The zero-order valence-electron chi connectivity index (χ0n) is 22.5. The van der Waals surface area contributed by atoms with Crippen molar-refractivity contribution < 1.29 is 26.9 Å². The molecule has 3 aromatic heterocycles. The number of anilines is 1. The second kappa shape index (κ2) is 10.8. The fourth-order valence-corrected chi connectivity index (χ4v) is 5.51. The molecule has 0 radical (unpaired) electrons. The third-order valence-corrected chi connectivity index (χ3v) is 7.94. The average Bonchev–Trinajstić information content (AvgIpc) is 3.62. The Morgan fingerprint density at radius 2 is 2.02 bits per heavy atom. The van der Waals surface area contributed by atoms with Gasteiger partial charge in [-0.2, -0.15) is 18.2 Å². The third kappa shape index (κ3) is 5.81. The maximum Gasteiger partial charge on any atom is 0.406 e. The van der Waals surface area contributed by atoms with Crippen LogP contribution in [0.25, 0.3) is 22.4 Å². The van der Waals surface area contributed by atoms with Crippen molar-refractivity contribution in [2.45, 2.75) is 63.2 Å². The van der Waals surface area contributed by atoms with Gasteiger partial charge < -0.3 is 29.2 Å². The van der Waals surface area contributed by atoms with Gasteiger partial charge in [-0.15, -0.1) is 0 Å². The van der Waals surface area contributed by atoms with Gasteiger partial charge in [-0.05, 0) is 57.0 Å². The summed E-state index contributed by atoms with van der Waals surface area (Å²) in [6.07, 6.45) is 1.99. The van der Waals surface area contributed by atoms with Crippen LogP contribution >= 0.6 is 0 Å². The summed E-state index contributed by atoms with van der Waals surface area (Å²) in [4.78, 5) is 18.8. The van der Waals surface area contributed by atoms with E-state index in [1.54, 1.807) is 36.5 Å². The van der Waals surface area contributed by atoms with Gasteiger partial charge in [0.2, 0.25) is 11.7 Å². The molecule has 1 aliphatic heterocycles. The van der Waals surface area contributed by atoms with E-state index in [1.165, 1.54) is 6.42 Å². The van der Waals surface area contributed by atoms with Crippen LogP contribution in [0, 0.1) is 0 Å². The molecule has 0 spiro atoms. The van der Waals surface area contributed by atoms with Gasteiger partial charge in [0.25, 0.3) is 5.91 Å². The van der Waals surface area contributed by atoms with Gasteiger partial charge in [0.15, 0.2) is 0 Å². The summed E-state index contributed by atoms with van der Waals surface area (Å²) in [6, 6.07) is 8.21. The zero-order chi connectivity index (χ0) is 28.7. The predicted octanol–water partition coefficient (Wildman–Crippen LogP) is 5.16. The number of halogens is 4. The minimum Gasteiger partial charge on any atom is -0.379 e. The monoisotopic (exact) mass is 573 g/mol. The number of nitrogens with zero attached hydrogens (tertiary/aromatic N) is 5. The highest BCUT2D eigenvalue weighted by atomic mass is 19.4. The number of aromatic nitrogens is 4. The first-order valence-electron chi connectivity index (χ1n) is 13.7. The molecule has 1 aliphatic carbocycles. The van der Waals surface area contributed by atoms with E-state index in [0.717, 1.165) is 17.4 Å². The molecule has 1 saturated carbocycles. The van der Waals surface area contributed by atoms with Gasteiger partial charge in [-0.1, -0.05) is 11.2 Å². The van der Waals surface area contributed by atoms with Gasteiger partial charge in [-0.25, -0.2) is 4.39 Å². The van der Waals surface area contributed by atoms with Crippen LogP contribution in [0.15, 0.2) is 47.2 Å². The number of piperidine rings is 1. The van der Waals surface area contributed by atoms with E-state index in [2.05, 4.69) is 20.8 Å². The van der Waals surface area contributed by atoms with Gasteiger partial charge in [0.05, 0.1) is 29.4 Å². The van der Waals surface area contributed by atoms with Crippen LogP contribution in [0.1, 0.15) is 48.0 Å². The molecule has 1 amide bonds. The molecule has 41 heavy (non-hydrogen) atoms. The number of nitrogens with one attached hydrogen (secondary N) is 2. The Kier molecular flexibility index (Phi) is 7.22. The molecule has 1 aromatic carbocycles. The Bertz CT molecular complexity index is 1540. The molecule has 4 heterocycles. The quantitative estimate of drug-likeness (QED) is 0.283. The fourth-order valence-electron chi connectivity index (χ4n) is 5.51. The summed E-state index contributed by atoms with van der Waals surface area (Å²) in [5.41, 5.74) is 1.45. The minimum atomic E-state index is -4.52. The molecule has 9 nitrogen and oxygen atoms in total. The molecule has 2 aliphatic rings. The van der Waals surface area contributed by atoms with E-state index in [-0.39, 0.29) is 36.4 Å². The second-order valence-electron chi connectivity index (χ2n) is 10.9. The molecule has 2 N–H and O–H groups in total. The topological polar surface area (TPSA) is 93.2 Å². The lowest BCUT2D eigenvalue weighted by atomic mass is 9.93. The minimum absolute atomic E-state index is 0.0422. The summed E-state index contributed by atoms with van der Waals surface area (Å²) in [6.45, 7) is -0.361. The number of rotatable bonds is 8. The van der Waals surface area contributed by atoms with Crippen LogP contribution in [0.5, 0.6) is 0 Å². The van der Waals surface area contributed by atoms with Crippen LogP contribution in [0.2, 0.25) is 0 Å². The molecule has 1 saturated heterocycles. The number of amides is 1. The van der Waals surface area contributed by atoms with Crippen LogP contribution in [0.4, 0.5) is 23.2 Å². The van der Waals surface area contributed by atoms with Gasteiger partial charge in [0.1, 0.15) is 12.7 Å². The van der Waals surface area contributed by atoms with E-state index >= 15 is 0 Å². The number of likely N-dealkylation sites (tertiary alicyclic amines) is 1. The Balaban J connectivity index is 1.23. The largest absolute Gasteiger partial charge is 0.406 e. The first-order valence-corrected chi connectivity index (χ1v) is 13.7. The molecule has 0 unspecified atom stereocenters. The van der Waals surface area contributed by atoms with Gasteiger partial charge in [0, 0.05) is 42.6 Å². The van der Waals surface area contributed by atoms with Crippen molar-refractivity contribution in [2.75, 3.05) is 25.5 Å². The number of carbonyl (C=O) groups is 1. The first kappa shape index (κ1) is 27.3. The summed E-state index contributed by atoms with van der Waals surface area (Å²) in [7, 11) is 1.85. The molecule has 6 rings (SSSR count). The molecular weight excluding hydrogens is 542 g/mol. The highest BCUT2D eigenvalue weighted by Crippen LogP contribution is 2.35. The Labute approximate surface area is 233 Å². The normalized spacial score (nSPS) is 20.3. The van der Waals surface area contributed by atoms with Crippen molar-refractivity contribution in [2.24, 2.45) is 0 Å². The lowest BCUT2D eigenvalue weighted by Crippen LogP contribution is -2.46. The maximum atomic E-state index is 14.7. The third-order valence-electron chi connectivity index (χ3n) is 7.94. The highest BCUT2D eigenvalue weighted by Gasteiger charge is 2.32.